The number of nitrogens with zero attached hydrogens (tertiary/aromatic N) is 1. The maximum atomic E-state index is 12.9. The Labute approximate surface area is 203 Å². The maximum Gasteiger partial charge on any atom is 0.416 e. The molecule has 0 atom stereocenters. The number of benzene rings is 2. The molecule has 2 aromatic carbocycles. The van der Waals surface area contributed by atoms with Crippen LogP contribution in [0, 0.1) is 18.3 Å². The van der Waals surface area contributed by atoms with Gasteiger partial charge in [0.1, 0.15) is 23.2 Å². The van der Waals surface area contributed by atoms with E-state index in [0.29, 0.717) is 5.69 Å². The molecule has 3 rings (SSSR count). The monoisotopic (exact) mass is 496 g/mol. The van der Waals surface area contributed by atoms with Gasteiger partial charge in [-0.3, -0.25) is 14.4 Å². The number of halogens is 3. The first-order chi connectivity index (χ1) is 17.0. The quantitative estimate of drug-likeness (QED) is 0.265. The Kier molecular flexibility index (Phi) is 7.91. The summed E-state index contributed by atoms with van der Waals surface area (Å²) in [6.07, 6.45) is -3.49. The van der Waals surface area contributed by atoms with Crippen LogP contribution in [-0.4, -0.2) is 17.7 Å². The van der Waals surface area contributed by atoms with E-state index in [9.17, 15) is 32.8 Å². The molecule has 0 radical (unpaired) electrons. The highest BCUT2D eigenvalue weighted by molar-refractivity contribution is 6.39. The van der Waals surface area contributed by atoms with Gasteiger partial charge in [-0.25, -0.2) is 0 Å². The molecule has 0 saturated carbocycles. The number of hydrogen-bond donors (Lipinski definition) is 3. The maximum absolute atomic E-state index is 12.9. The molecule has 0 saturated heterocycles. The van der Waals surface area contributed by atoms with E-state index in [1.54, 1.807) is 30.3 Å². The normalized spacial score (nSPS) is 11.4. The third kappa shape index (κ3) is 7.07. The minimum absolute atomic E-state index is 0.0825. The van der Waals surface area contributed by atoms with E-state index in [4.69, 9.17) is 4.42 Å². The van der Waals surface area contributed by atoms with Gasteiger partial charge in [0.25, 0.3) is 5.91 Å². The molecular weight excluding hydrogens is 477 g/mol. The average molecular weight is 496 g/mol. The molecule has 1 aromatic heterocycles. The number of nitriles is 1. The molecule has 1 heterocycles. The zero-order valence-corrected chi connectivity index (χ0v) is 18.8. The van der Waals surface area contributed by atoms with Crippen molar-refractivity contribution in [3.63, 3.8) is 0 Å². The van der Waals surface area contributed by atoms with E-state index in [0.717, 1.165) is 29.8 Å². The number of carbonyl (C=O) groups excluding carboxylic acids is 3. The molecular formula is C25H19F3N4O4. The van der Waals surface area contributed by atoms with Gasteiger partial charge in [0.2, 0.25) is 0 Å². The number of alkyl halides is 3. The summed E-state index contributed by atoms with van der Waals surface area (Å²) in [5.41, 5.74) is -0.0583. The zero-order chi connectivity index (χ0) is 26.3. The van der Waals surface area contributed by atoms with Crippen LogP contribution in [0.2, 0.25) is 0 Å². The molecule has 0 bridgehead atoms. The Balaban J connectivity index is 1.59. The molecule has 3 N–H and O–H groups in total. The Morgan fingerprint density at radius 3 is 2.31 bits per heavy atom. The van der Waals surface area contributed by atoms with Gasteiger partial charge in [0, 0.05) is 17.5 Å². The number of rotatable bonds is 6. The van der Waals surface area contributed by atoms with Crippen LogP contribution in [0.25, 0.3) is 6.08 Å². The van der Waals surface area contributed by atoms with Crippen molar-refractivity contribution in [2.45, 2.75) is 19.6 Å². The summed E-state index contributed by atoms with van der Waals surface area (Å²) in [6.45, 7) is 1.74. The summed E-state index contributed by atoms with van der Waals surface area (Å²) >= 11 is 0. The molecule has 3 aromatic rings. The molecule has 0 aliphatic rings. The lowest BCUT2D eigenvalue weighted by molar-refractivity contribution is -0.137. The average Bonchev–Trinajstić information content (AvgIpc) is 3.29. The highest BCUT2D eigenvalue weighted by Crippen LogP contribution is 2.30. The van der Waals surface area contributed by atoms with E-state index in [1.807, 2.05) is 6.92 Å². The second kappa shape index (κ2) is 11.1. The smallest absolute Gasteiger partial charge is 0.416 e. The largest absolute Gasteiger partial charge is 0.460 e. The number of anilines is 2. The number of nitrogens with one attached hydrogen (secondary N) is 3. The second-order valence-electron chi connectivity index (χ2n) is 7.51. The molecule has 0 aliphatic carbocycles. The Morgan fingerprint density at radius 1 is 0.944 bits per heavy atom. The predicted molar refractivity (Wildman–Crippen MR) is 124 cm³/mol. The van der Waals surface area contributed by atoms with Crippen LogP contribution in [0.5, 0.6) is 0 Å². The molecule has 0 spiro atoms. The highest BCUT2D eigenvalue weighted by Gasteiger charge is 2.30. The number of furan rings is 1. The SMILES string of the molecule is Cc1ccc(NC(=O)C(=O)NCc2ccc(/C=C(/C#N)C(=O)Nc3cccc(C(F)(F)F)c3)o2)cc1. The van der Waals surface area contributed by atoms with Crippen molar-refractivity contribution in [3.8, 4) is 6.07 Å². The predicted octanol–water partition coefficient (Wildman–Crippen LogP) is 4.41. The summed E-state index contributed by atoms with van der Waals surface area (Å²) in [7, 11) is 0. The van der Waals surface area contributed by atoms with Crippen LogP contribution in [0.15, 0.2) is 70.7 Å². The van der Waals surface area contributed by atoms with Gasteiger partial charge in [0.05, 0.1) is 12.1 Å². The zero-order valence-electron chi connectivity index (χ0n) is 18.8. The topological polar surface area (TPSA) is 124 Å². The van der Waals surface area contributed by atoms with E-state index in [2.05, 4.69) is 16.0 Å². The fraction of sp³-hybridized carbons (Fsp3) is 0.120. The lowest BCUT2D eigenvalue weighted by atomic mass is 10.1. The molecule has 8 nitrogen and oxygen atoms in total. The third-order valence-corrected chi connectivity index (χ3v) is 4.72. The summed E-state index contributed by atoms with van der Waals surface area (Å²) < 4.78 is 44.0. The van der Waals surface area contributed by atoms with Crippen LogP contribution >= 0.6 is 0 Å². The molecule has 3 amide bonds. The van der Waals surface area contributed by atoms with E-state index in [1.165, 1.54) is 18.2 Å². The van der Waals surface area contributed by atoms with Gasteiger partial charge in [-0.05, 0) is 49.4 Å². The van der Waals surface area contributed by atoms with Gasteiger partial charge < -0.3 is 20.4 Å². The van der Waals surface area contributed by atoms with Crippen molar-refractivity contribution < 1.29 is 32.0 Å². The van der Waals surface area contributed by atoms with Crippen molar-refractivity contribution in [3.05, 3.63) is 88.9 Å². The summed E-state index contributed by atoms with van der Waals surface area (Å²) in [5, 5.41) is 16.4. The van der Waals surface area contributed by atoms with Gasteiger partial charge >= 0.3 is 18.0 Å². The van der Waals surface area contributed by atoms with Crippen molar-refractivity contribution in [2.24, 2.45) is 0 Å². The molecule has 0 aliphatic heterocycles. The van der Waals surface area contributed by atoms with Crippen molar-refractivity contribution in [2.75, 3.05) is 10.6 Å². The van der Waals surface area contributed by atoms with Crippen molar-refractivity contribution in [1.82, 2.24) is 5.32 Å². The Morgan fingerprint density at radius 2 is 1.64 bits per heavy atom. The number of carbonyl (C=O) groups is 3. The Hall–Kier alpha value is -4.85. The number of amides is 3. The molecule has 36 heavy (non-hydrogen) atoms. The lowest BCUT2D eigenvalue weighted by Crippen LogP contribution is -2.34. The standard InChI is InChI=1S/C25H19F3N4O4/c1-15-5-7-18(8-6-15)31-24(35)23(34)30-14-21-10-9-20(36-21)11-16(13-29)22(33)32-19-4-2-3-17(12-19)25(26,27)28/h2-12H,14H2,1H3,(H,30,34)(H,31,35)(H,32,33)/b16-11-. The highest BCUT2D eigenvalue weighted by atomic mass is 19.4. The Bertz CT molecular complexity index is 1350. The summed E-state index contributed by atoms with van der Waals surface area (Å²) in [6, 6.07) is 15.4. The minimum atomic E-state index is -4.59. The number of aryl methyl sites for hydroxylation is 1. The minimum Gasteiger partial charge on any atom is -0.460 e. The molecule has 0 unspecified atom stereocenters. The molecule has 0 fully saturated rings. The first kappa shape index (κ1) is 25.8. The van der Waals surface area contributed by atoms with Crippen molar-refractivity contribution in [1.29, 1.82) is 5.26 Å². The van der Waals surface area contributed by atoms with Crippen LogP contribution in [-0.2, 0) is 27.1 Å². The molecule has 184 valence electrons. The fourth-order valence-electron chi connectivity index (χ4n) is 2.90. The third-order valence-electron chi connectivity index (χ3n) is 4.72. The fourth-order valence-corrected chi connectivity index (χ4v) is 2.90. The van der Waals surface area contributed by atoms with Gasteiger partial charge in [-0.1, -0.05) is 23.8 Å². The van der Waals surface area contributed by atoms with Crippen LogP contribution < -0.4 is 16.0 Å². The van der Waals surface area contributed by atoms with Gasteiger partial charge in [0.15, 0.2) is 0 Å². The first-order valence-corrected chi connectivity index (χ1v) is 10.4. The second-order valence-corrected chi connectivity index (χ2v) is 7.51. The van der Waals surface area contributed by atoms with Gasteiger partial charge in [-0.15, -0.1) is 0 Å². The summed E-state index contributed by atoms with van der Waals surface area (Å²) in [4.78, 5) is 36.4. The lowest BCUT2D eigenvalue weighted by Gasteiger charge is -2.09. The van der Waals surface area contributed by atoms with E-state index >= 15 is 0 Å². The van der Waals surface area contributed by atoms with E-state index < -0.39 is 35.0 Å². The van der Waals surface area contributed by atoms with Crippen LogP contribution in [0.4, 0.5) is 24.5 Å². The first-order valence-electron chi connectivity index (χ1n) is 10.4. The molecule has 11 heteroatoms. The van der Waals surface area contributed by atoms with Crippen LogP contribution in [0.1, 0.15) is 22.6 Å². The number of hydrogen-bond acceptors (Lipinski definition) is 5. The summed E-state index contributed by atoms with van der Waals surface area (Å²) in [5.74, 6) is -2.39. The van der Waals surface area contributed by atoms with Crippen LogP contribution in [0.3, 0.4) is 0 Å². The van der Waals surface area contributed by atoms with Crippen molar-refractivity contribution >= 4 is 35.2 Å². The van der Waals surface area contributed by atoms with Gasteiger partial charge in [-0.2, -0.15) is 18.4 Å². The van der Waals surface area contributed by atoms with E-state index in [-0.39, 0.29) is 23.8 Å².